The molecule has 0 aliphatic heterocycles. The Morgan fingerprint density at radius 2 is 1.02 bits per heavy atom. The summed E-state index contributed by atoms with van der Waals surface area (Å²) in [6.07, 6.45) is 0. The molecule has 0 bridgehead atoms. The maximum absolute atomic E-state index is 11.3. The van der Waals surface area contributed by atoms with Crippen molar-refractivity contribution in [3.63, 3.8) is 0 Å². The fourth-order valence-corrected chi connectivity index (χ4v) is 6.03. The van der Waals surface area contributed by atoms with Crippen molar-refractivity contribution < 1.29 is 57.0 Å². The third kappa shape index (κ3) is 8.90. The lowest BCUT2D eigenvalue weighted by Gasteiger charge is -2.13. The lowest BCUT2D eigenvalue weighted by molar-refractivity contribution is 0.473. The van der Waals surface area contributed by atoms with Gasteiger partial charge in [-0.25, -0.2) is 0 Å². The third-order valence-electron chi connectivity index (χ3n) is 5.54. The van der Waals surface area contributed by atoms with Gasteiger partial charge in [-0.05, 0) is 78.5 Å². The number of rotatable bonds is 4. The van der Waals surface area contributed by atoms with Crippen LogP contribution in [-0.2, 0) is 40.5 Å². The van der Waals surface area contributed by atoms with Crippen LogP contribution < -0.4 is 22.9 Å². The number of aryl methyl sites for hydroxylation is 1. The van der Waals surface area contributed by atoms with E-state index in [1.165, 1.54) is 49.4 Å². The van der Waals surface area contributed by atoms with Crippen LogP contribution in [0.2, 0.25) is 0 Å². The normalized spacial score (nSPS) is 12.0. The molecule has 240 valence electrons. The van der Waals surface area contributed by atoms with Crippen LogP contribution in [0.5, 0.6) is 5.75 Å². The zero-order chi connectivity index (χ0) is 34.0. The molecule has 0 spiro atoms. The minimum Gasteiger partial charge on any atom is -0.505 e. The van der Waals surface area contributed by atoms with Crippen LogP contribution in [0.4, 0.5) is 22.7 Å². The van der Waals surface area contributed by atoms with Crippen LogP contribution in [-0.4, -0.2) is 57.0 Å². The Labute approximate surface area is 251 Å². The average molecular weight is 695 g/mol. The summed E-state index contributed by atoms with van der Waals surface area (Å²) in [5.74, 6) is -0.606. The molecule has 0 unspecified atom stereocenters. The maximum Gasteiger partial charge on any atom is 0.297 e. The Morgan fingerprint density at radius 1 is 0.545 bits per heavy atom. The van der Waals surface area contributed by atoms with E-state index in [0.717, 1.165) is 18.2 Å². The Morgan fingerprint density at radius 3 is 1.45 bits per heavy atom. The number of nitrogens with two attached hydrogens (primary N) is 4. The zero-order valence-corrected chi connectivity index (χ0v) is 25.5. The highest BCUT2D eigenvalue weighted by molar-refractivity contribution is 7.86. The molecule has 0 aromatic heterocycles. The molecule has 0 saturated carbocycles. The predicted molar refractivity (Wildman–Crippen MR) is 160 cm³/mol. The van der Waals surface area contributed by atoms with Gasteiger partial charge in [-0.15, -0.1) is 0 Å². The molecule has 13 N–H and O–H groups in total. The summed E-state index contributed by atoms with van der Waals surface area (Å²) in [5, 5.41) is 10.0. The van der Waals surface area contributed by atoms with Crippen molar-refractivity contribution >= 4 is 74.0 Å². The van der Waals surface area contributed by atoms with Gasteiger partial charge in [-0.3, -0.25) is 18.2 Å². The van der Waals surface area contributed by atoms with Gasteiger partial charge in [0.25, 0.3) is 40.5 Å². The summed E-state index contributed by atoms with van der Waals surface area (Å²) in [6, 6.07) is 12.3. The Balaban J connectivity index is 0.000000250. The molecule has 0 aliphatic rings. The molecule has 4 aromatic rings. The van der Waals surface area contributed by atoms with Gasteiger partial charge in [0.2, 0.25) is 0 Å². The lowest BCUT2D eigenvalue weighted by Crippen LogP contribution is -2.07. The van der Waals surface area contributed by atoms with Crippen LogP contribution in [0.25, 0.3) is 10.8 Å². The van der Waals surface area contributed by atoms with Gasteiger partial charge >= 0.3 is 0 Å². The number of benzene rings is 4. The molecule has 4 rings (SSSR count). The highest BCUT2D eigenvalue weighted by Gasteiger charge is 2.24. The van der Waals surface area contributed by atoms with Gasteiger partial charge in [0.05, 0.1) is 21.2 Å². The fourth-order valence-electron chi connectivity index (χ4n) is 3.52. The molecule has 0 saturated heterocycles. The summed E-state index contributed by atoms with van der Waals surface area (Å²) >= 11 is 0. The summed E-state index contributed by atoms with van der Waals surface area (Å²) in [7, 11) is -17.6. The highest BCUT2D eigenvalue weighted by Crippen LogP contribution is 2.40. The van der Waals surface area contributed by atoms with E-state index >= 15 is 0 Å². The first-order chi connectivity index (χ1) is 19.9. The molecule has 4 aromatic carbocycles. The monoisotopic (exact) mass is 694 g/mol. The Hall–Kier alpha value is -4.22. The largest absolute Gasteiger partial charge is 0.505 e. The van der Waals surface area contributed by atoms with E-state index in [-0.39, 0.29) is 37.5 Å². The van der Waals surface area contributed by atoms with Crippen molar-refractivity contribution in [2.75, 3.05) is 22.9 Å². The average Bonchev–Trinajstić information content (AvgIpc) is 2.87. The zero-order valence-electron chi connectivity index (χ0n) is 22.2. The topological polar surface area (TPSA) is 342 Å². The third-order valence-corrected chi connectivity index (χ3v) is 9.21. The van der Waals surface area contributed by atoms with E-state index in [1.54, 1.807) is 0 Å². The van der Waals surface area contributed by atoms with Gasteiger partial charge in [0.15, 0.2) is 0 Å². The number of phenolic OH excluding ortho intramolecular Hbond substituents is 1. The minimum absolute atomic E-state index is 0.0180. The van der Waals surface area contributed by atoms with Crippen LogP contribution in [0.15, 0.2) is 80.2 Å². The lowest BCUT2D eigenvalue weighted by atomic mass is 10.0. The molecule has 17 nitrogen and oxygen atoms in total. The minimum atomic E-state index is -4.72. The van der Waals surface area contributed by atoms with Crippen molar-refractivity contribution in [3.8, 4) is 5.75 Å². The molecule has 0 radical (unpaired) electrons. The number of aromatic hydroxyl groups is 1. The van der Waals surface area contributed by atoms with Crippen molar-refractivity contribution in [2.24, 2.45) is 0 Å². The van der Waals surface area contributed by atoms with Gasteiger partial charge in [0, 0.05) is 16.8 Å². The summed E-state index contributed by atoms with van der Waals surface area (Å²) in [6.45, 7) is 1.29. The Bertz CT molecular complexity index is 2170. The molecule has 0 aliphatic carbocycles. The number of hydrogen-bond acceptors (Lipinski definition) is 13. The van der Waals surface area contributed by atoms with Gasteiger partial charge in [-0.1, -0.05) is 0 Å². The number of anilines is 4. The van der Waals surface area contributed by atoms with E-state index in [0.29, 0.717) is 5.69 Å². The highest BCUT2D eigenvalue weighted by atomic mass is 32.2. The van der Waals surface area contributed by atoms with Crippen molar-refractivity contribution in [1.82, 2.24) is 0 Å². The number of hydrogen-bond donors (Lipinski definition) is 9. The number of phenols is 1. The summed E-state index contributed by atoms with van der Waals surface area (Å²) in [5.41, 5.74) is 21.5. The molecule has 0 atom stereocenters. The van der Waals surface area contributed by atoms with E-state index in [4.69, 9.17) is 36.6 Å². The smallest absolute Gasteiger partial charge is 0.297 e. The molecule has 21 heteroatoms. The quantitative estimate of drug-likeness (QED) is 0.0830. The molecular weight excluding hydrogens is 669 g/mol. The van der Waals surface area contributed by atoms with Crippen LogP contribution in [0, 0.1) is 6.92 Å². The van der Waals surface area contributed by atoms with Crippen molar-refractivity contribution in [1.29, 1.82) is 0 Å². The number of fused-ring (bicyclic) bond motifs is 1. The SMILES string of the molecule is Cc1c(S(=O)(=O)O)c(N)c(O)c2ccc(S(=O)(=O)O)cc12.Nc1ccc(N)c(S(=O)(=O)O)c1.Nc1ccc(S(=O)(=O)O)cc1. The second kappa shape index (κ2) is 12.8. The van der Waals surface area contributed by atoms with Gasteiger partial charge in [0.1, 0.15) is 15.5 Å². The van der Waals surface area contributed by atoms with Crippen LogP contribution >= 0.6 is 0 Å². The Kier molecular flexibility index (Phi) is 10.5. The van der Waals surface area contributed by atoms with E-state index in [9.17, 15) is 43.3 Å². The van der Waals surface area contributed by atoms with Gasteiger partial charge < -0.3 is 28.0 Å². The molecule has 44 heavy (non-hydrogen) atoms. The standard InChI is InChI=1S/C11H11NO7S2.C6H8N2O3S.C6H7NO3S/c1-5-8-4-6(20(14,15)16)2-3-7(8)10(13)9(12)11(5)21(17,18)19;7-4-1-2-5(8)6(3-4)12(9,10)11;7-5-1-3-6(4-2-5)11(8,9)10/h2-4,13H,12H2,1H3,(H,14,15,16)(H,17,18,19);1-3H,7-8H2,(H,9,10,11);1-4H,7H2,(H,8,9,10). The fraction of sp³-hybridized carbons (Fsp3) is 0.0435. The molecular formula is C23H26N4O13S4. The van der Waals surface area contributed by atoms with E-state index in [1.807, 2.05) is 0 Å². The van der Waals surface area contributed by atoms with Crippen molar-refractivity contribution in [2.45, 2.75) is 26.5 Å². The van der Waals surface area contributed by atoms with Crippen molar-refractivity contribution in [3.05, 3.63) is 66.2 Å². The van der Waals surface area contributed by atoms with Gasteiger partial charge in [-0.2, -0.15) is 33.7 Å². The van der Waals surface area contributed by atoms with E-state index in [2.05, 4.69) is 0 Å². The predicted octanol–water partition coefficient (Wildman–Crippen LogP) is 1.54. The molecule has 0 fully saturated rings. The molecule has 0 amide bonds. The molecule has 0 heterocycles. The second-order valence-corrected chi connectivity index (χ2v) is 14.3. The number of nitrogen functional groups attached to an aromatic ring is 4. The second-order valence-electron chi connectivity index (χ2n) is 8.69. The maximum atomic E-state index is 11.3. The summed E-state index contributed by atoms with van der Waals surface area (Å²) in [4.78, 5) is -1.70. The first-order valence-corrected chi connectivity index (χ1v) is 17.1. The summed E-state index contributed by atoms with van der Waals surface area (Å²) < 4.78 is 122. The first-order valence-electron chi connectivity index (χ1n) is 11.3. The first kappa shape index (κ1) is 36.0. The van der Waals surface area contributed by atoms with Crippen LogP contribution in [0.3, 0.4) is 0 Å². The van der Waals surface area contributed by atoms with E-state index < -0.39 is 61.7 Å². The van der Waals surface area contributed by atoms with Crippen LogP contribution in [0.1, 0.15) is 5.56 Å².